The van der Waals surface area contributed by atoms with Crippen molar-refractivity contribution in [2.45, 2.75) is 43.8 Å². The summed E-state index contributed by atoms with van der Waals surface area (Å²) in [6, 6.07) is 4.10. The van der Waals surface area contributed by atoms with Crippen molar-refractivity contribution >= 4 is 11.6 Å². The summed E-state index contributed by atoms with van der Waals surface area (Å²) in [4.78, 5) is 19.8. The number of rotatable bonds is 5. The van der Waals surface area contributed by atoms with E-state index in [0.29, 0.717) is 0 Å². The van der Waals surface area contributed by atoms with Crippen LogP contribution in [0, 0.1) is 11.6 Å². The summed E-state index contributed by atoms with van der Waals surface area (Å²) < 4.78 is 77.5. The molecule has 2 heterocycles. The van der Waals surface area contributed by atoms with Gasteiger partial charge in [0, 0.05) is 18.1 Å². The van der Waals surface area contributed by atoms with Crippen LogP contribution in [0.5, 0.6) is 5.75 Å². The summed E-state index contributed by atoms with van der Waals surface area (Å²) in [6.07, 6.45) is -0.567. The second-order valence-electron chi connectivity index (χ2n) is 7.77. The van der Waals surface area contributed by atoms with E-state index in [4.69, 9.17) is 10.5 Å². The normalized spacial score (nSPS) is 25.1. The molecule has 5 nitrogen and oxygen atoms in total. The first-order chi connectivity index (χ1) is 14.3. The molecule has 2 N–H and O–H groups in total. The molecule has 0 aliphatic carbocycles. The summed E-state index contributed by atoms with van der Waals surface area (Å²) in [5, 5.41) is 0. The lowest BCUT2D eigenvalue weighted by Crippen LogP contribution is -2.56. The third kappa shape index (κ3) is 3.98. The van der Waals surface area contributed by atoms with Crippen molar-refractivity contribution in [1.82, 2.24) is 4.98 Å². The second kappa shape index (κ2) is 7.58. The SMILES string of the molecule is COc1cnc(C(=O)Cc2ccc(F)c([C@@]3(C)N=C(N)[C@@](C)(F)CC3(F)F)c2)c(F)c1. The Morgan fingerprint density at radius 3 is 2.45 bits per heavy atom. The van der Waals surface area contributed by atoms with Crippen LogP contribution in [-0.2, 0) is 12.0 Å². The van der Waals surface area contributed by atoms with Crippen molar-refractivity contribution in [1.29, 1.82) is 0 Å². The Hall–Kier alpha value is -3.04. The molecule has 0 amide bonds. The third-order valence-corrected chi connectivity index (χ3v) is 5.38. The van der Waals surface area contributed by atoms with Gasteiger partial charge >= 0.3 is 0 Å². The van der Waals surface area contributed by atoms with Crippen molar-refractivity contribution in [3.63, 3.8) is 0 Å². The number of nitrogens with zero attached hydrogens (tertiary/aromatic N) is 2. The smallest absolute Gasteiger partial charge is 0.280 e. The van der Waals surface area contributed by atoms with Crippen molar-refractivity contribution in [3.05, 3.63) is 58.9 Å². The Bertz CT molecular complexity index is 1070. The molecule has 0 saturated heterocycles. The number of hydrogen-bond acceptors (Lipinski definition) is 5. The molecule has 0 radical (unpaired) electrons. The molecule has 0 bridgehead atoms. The first-order valence-corrected chi connectivity index (χ1v) is 9.25. The van der Waals surface area contributed by atoms with Crippen LogP contribution in [0.3, 0.4) is 0 Å². The molecule has 1 aliphatic heterocycles. The molecule has 31 heavy (non-hydrogen) atoms. The average Bonchev–Trinajstić information content (AvgIpc) is 2.67. The lowest BCUT2D eigenvalue weighted by molar-refractivity contribution is -0.106. The number of ketones is 1. The fourth-order valence-electron chi connectivity index (χ4n) is 3.44. The zero-order valence-corrected chi connectivity index (χ0v) is 17.0. The van der Waals surface area contributed by atoms with Gasteiger partial charge in [0.25, 0.3) is 5.92 Å². The van der Waals surface area contributed by atoms with Crippen LogP contribution in [0.15, 0.2) is 35.5 Å². The van der Waals surface area contributed by atoms with E-state index in [2.05, 4.69) is 9.98 Å². The minimum absolute atomic E-state index is 0.112. The molecule has 1 aromatic heterocycles. The monoisotopic (exact) mass is 441 g/mol. The lowest BCUT2D eigenvalue weighted by atomic mass is 9.77. The molecule has 0 saturated carbocycles. The fourth-order valence-corrected chi connectivity index (χ4v) is 3.44. The number of aliphatic imine (C=N–C) groups is 1. The number of benzene rings is 1. The number of Topliss-reactive ketones (excluding diaryl/α,β-unsaturated/α-hetero) is 1. The fraction of sp³-hybridized carbons (Fsp3) is 0.381. The van der Waals surface area contributed by atoms with Gasteiger partial charge in [-0.2, -0.15) is 0 Å². The number of methoxy groups -OCH3 is 1. The van der Waals surface area contributed by atoms with Crippen LogP contribution in [0.2, 0.25) is 0 Å². The van der Waals surface area contributed by atoms with Crippen molar-refractivity contribution in [2.24, 2.45) is 10.7 Å². The van der Waals surface area contributed by atoms with Gasteiger partial charge in [0.2, 0.25) is 0 Å². The van der Waals surface area contributed by atoms with E-state index in [1.54, 1.807) is 0 Å². The summed E-state index contributed by atoms with van der Waals surface area (Å²) in [6.45, 7) is 1.82. The van der Waals surface area contributed by atoms with Crippen LogP contribution in [-0.4, -0.2) is 35.3 Å². The van der Waals surface area contributed by atoms with E-state index in [-0.39, 0.29) is 11.3 Å². The number of ether oxygens (including phenoxy) is 1. The highest BCUT2D eigenvalue weighted by molar-refractivity contribution is 5.96. The highest BCUT2D eigenvalue weighted by Crippen LogP contribution is 2.50. The van der Waals surface area contributed by atoms with Gasteiger partial charge < -0.3 is 10.5 Å². The van der Waals surface area contributed by atoms with Crippen LogP contribution in [0.1, 0.15) is 41.9 Å². The Kier molecular flexibility index (Phi) is 5.54. The highest BCUT2D eigenvalue weighted by atomic mass is 19.3. The maximum Gasteiger partial charge on any atom is 0.280 e. The average molecular weight is 441 g/mol. The number of halogens is 5. The van der Waals surface area contributed by atoms with Crippen molar-refractivity contribution in [3.8, 4) is 5.75 Å². The van der Waals surface area contributed by atoms with Gasteiger partial charge in [-0.05, 0) is 31.5 Å². The molecule has 10 heteroatoms. The van der Waals surface area contributed by atoms with Crippen LogP contribution in [0.25, 0.3) is 0 Å². The summed E-state index contributed by atoms with van der Waals surface area (Å²) >= 11 is 0. The van der Waals surface area contributed by atoms with Gasteiger partial charge in [0.05, 0.1) is 19.7 Å². The summed E-state index contributed by atoms with van der Waals surface area (Å²) in [7, 11) is 1.31. The van der Waals surface area contributed by atoms with E-state index in [9.17, 15) is 26.7 Å². The number of nitrogens with two attached hydrogens (primary N) is 1. The molecular weight excluding hydrogens is 421 g/mol. The maximum absolute atomic E-state index is 14.9. The number of carbonyl (C=O) groups is 1. The van der Waals surface area contributed by atoms with Crippen LogP contribution < -0.4 is 10.5 Å². The topological polar surface area (TPSA) is 77.6 Å². The predicted octanol–water partition coefficient (Wildman–Crippen LogP) is 4.13. The van der Waals surface area contributed by atoms with Crippen LogP contribution >= 0.6 is 0 Å². The molecular formula is C21H20F5N3O2. The standard InChI is InChI=1S/C21H20F5N3O2/c1-19(24)10-21(25,26)20(2,29-18(19)27)13-6-11(4-5-14(13)22)7-16(30)17-15(23)8-12(31-3)9-28-17/h4-6,8-9H,7,10H2,1-3H3,(H2,27,29)/t19-,20+/m0/s1. The number of aromatic nitrogens is 1. The lowest BCUT2D eigenvalue weighted by Gasteiger charge is -2.42. The van der Waals surface area contributed by atoms with Crippen LogP contribution in [0.4, 0.5) is 22.0 Å². The van der Waals surface area contributed by atoms with E-state index in [1.807, 2.05) is 0 Å². The quantitative estimate of drug-likeness (QED) is 0.559. The highest BCUT2D eigenvalue weighted by Gasteiger charge is 2.60. The van der Waals surface area contributed by atoms with E-state index < -0.39 is 64.5 Å². The molecule has 0 fully saturated rings. The maximum atomic E-state index is 14.9. The number of carbonyl (C=O) groups excluding carboxylic acids is 1. The molecule has 1 aliphatic rings. The summed E-state index contributed by atoms with van der Waals surface area (Å²) in [5.74, 6) is -7.03. The Morgan fingerprint density at radius 1 is 1.16 bits per heavy atom. The van der Waals surface area contributed by atoms with Gasteiger partial charge in [-0.1, -0.05) is 6.07 Å². The largest absolute Gasteiger partial charge is 0.495 e. The van der Waals surface area contributed by atoms with E-state index in [1.165, 1.54) is 13.2 Å². The van der Waals surface area contributed by atoms with Gasteiger partial charge in [0.15, 0.2) is 22.8 Å². The zero-order valence-electron chi connectivity index (χ0n) is 17.0. The molecule has 166 valence electrons. The Labute approximate surface area is 175 Å². The van der Waals surface area contributed by atoms with Crippen molar-refractivity contribution < 1.29 is 31.5 Å². The first kappa shape index (κ1) is 22.6. The summed E-state index contributed by atoms with van der Waals surface area (Å²) in [5.41, 5.74) is -0.409. The number of hydrogen-bond donors (Lipinski definition) is 1. The Balaban J connectivity index is 1.99. The van der Waals surface area contributed by atoms with Gasteiger partial charge in [-0.15, -0.1) is 0 Å². The number of pyridine rings is 1. The van der Waals surface area contributed by atoms with Gasteiger partial charge in [-0.3, -0.25) is 9.79 Å². The second-order valence-corrected chi connectivity index (χ2v) is 7.77. The molecule has 0 unspecified atom stereocenters. The zero-order chi connectivity index (χ0) is 23.2. The minimum atomic E-state index is -3.77. The minimum Gasteiger partial charge on any atom is -0.495 e. The molecule has 2 atom stereocenters. The number of alkyl halides is 3. The first-order valence-electron chi connectivity index (χ1n) is 9.25. The van der Waals surface area contributed by atoms with Gasteiger partial charge in [-0.25, -0.2) is 26.9 Å². The van der Waals surface area contributed by atoms with E-state index >= 15 is 0 Å². The molecule has 0 spiro atoms. The third-order valence-electron chi connectivity index (χ3n) is 5.38. The molecule has 3 rings (SSSR count). The molecule has 1 aromatic carbocycles. The predicted molar refractivity (Wildman–Crippen MR) is 103 cm³/mol. The van der Waals surface area contributed by atoms with Gasteiger partial charge in [0.1, 0.15) is 23.1 Å². The van der Waals surface area contributed by atoms with E-state index in [0.717, 1.165) is 38.2 Å². The Morgan fingerprint density at radius 2 is 1.84 bits per heavy atom. The number of amidine groups is 1. The van der Waals surface area contributed by atoms with Crippen molar-refractivity contribution in [2.75, 3.05) is 7.11 Å². The molecule has 2 aromatic rings.